The molecule has 1 amide bonds. The van der Waals surface area contributed by atoms with Gasteiger partial charge in [0, 0.05) is 37.1 Å². The molecule has 0 radical (unpaired) electrons. The van der Waals surface area contributed by atoms with Crippen LogP contribution in [0.25, 0.3) is 11.1 Å². The number of carbonyl (C=O) groups is 1. The molecule has 0 saturated carbocycles. The molecule has 7 heteroatoms. The van der Waals surface area contributed by atoms with Gasteiger partial charge in [-0.3, -0.25) is 9.48 Å². The molecule has 0 fully saturated rings. The number of anilines is 1. The van der Waals surface area contributed by atoms with Crippen LogP contribution in [0.4, 0.5) is 5.82 Å². The number of nitrogens with zero attached hydrogens (tertiary/aromatic N) is 4. The lowest BCUT2D eigenvalue weighted by atomic mass is 10.0. The van der Waals surface area contributed by atoms with Gasteiger partial charge in [0.05, 0.1) is 17.8 Å². The summed E-state index contributed by atoms with van der Waals surface area (Å²) < 4.78 is 1.75. The van der Waals surface area contributed by atoms with Gasteiger partial charge in [-0.15, -0.1) is 0 Å². The molecule has 2 heterocycles. The zero-order valence-corrected chi connectivity index (χ0v) is 22.7. The number of pyridine rings is 1. The fraction of sp³-hybridized carbons (Fsp3) is 0.312. The van der Waals surface area contributed by atoms with Crippen molar-refractivity contribution in [2.45, 2.75) is 51.5 Å². The number of hydrogen-bond acceptors (Lipinski definition) is 5. The van der Waals surface area contributed by atoms with Gasteiger partial charge in [-0.2, -0.15) is 10.4 Å². The van der Waals surface area contributed by atoms with Gasteiger partial charge in [-0.05, 0) is 60.2 Å². The normalized spacial score (nSPS) is 11.6. The van der Waals surface area contributed by atoms with Gasteiger partial charge < -0.3 is 10.6 Å². The van der Waals surface area contributed by atoms with Crippen molar-refractivity contribution in [2.75, 3.05) is 11.9 Å². The summed E-state index contributed by atoms with van der Waals surface area (Å²) in [4.78, 5) is 17.9. The average Bonchev–Trinajstić information content (AvgIpc) is 3.41. The lowest BCUT2D eigenvalue weighted by Crippen LogP contribution is -2.34. The van der Waals surface area contributed by atoms with Crippen LogP contribution in [0, 0.1) is 11.3 Å². The zero-order chi connectivity index (χ0) is 27.5. The molecule has 39 heavy (non-hydrogen) atoms. The maximum absolute atomic E-state index is 13.5. The van der Waals surface area contributed by atoms with Crippen LogP contribution in [0.3, 0.4) is 0 Å². The summed E-state index contributed by atoms with van der Waals surface area (Å²) in [6.45, 7) is 2.83. The van der Waals surface area contributed by atoms with Crippen molar-refractivity contribution in [1.29, 1.82) is 5.26 Å². The topological polar surface area (TPSA) is 95.6 Å². The molecule has 1 unspecified atom stereocenters. The van der Waals surface area contributed by atoms with Crippen molar-refractivity contribution in [3.8, 4) is 17.2 Å². The standard InChI is InChI=1S/C32H36N6O/c1-3-4-5-6-7-24-12-14-27(15-13-24)31(34-19-18-25-8-10-26(20-33)11-9-25)32(39)37-30-17-16-28(21-35-30)29-22-36-38(2)23-29/h8-17,21-23,31,34H,3-7,18-19H2,1-2H3,(H,35,37,39). The summed E-state index contributed by atoms with van der Waals surface area (Å²) in [7, 11) is 1.87. The number of aromatic nitrogens is 3. The average molecular weight is 521 g/mol. The maximum Gasteiger partial charge on any atom is 0.247 e. The van der Waals surface area contributed by atoms with Crippen molar-refractivity contribution in [3.05, 3.63) is 102 Å². The third-order valence-corrected chi connectivity index (χ3v) is 6.79. The van der Waals surface area contributed by atoms with Crippen LogP contribution in [0.2, 0.25) is 0 Å². The molecule has 4 rings (SSSR count). The van der Waals surface area contributed by atoms with Crippen molar-refractivity contribution >= 4 is 11.7 Å². The molecule has 2 N–H and O–H groups in total. The van der Waals surface area contributed by atoms with Gasteiger partial charge in [-0.1, -0.05) is 62.6 Å². The summed E-state index contributed by atoms with van der Waals surface area (Å²) in [6, 6.07) is 21.3. The number of aryl methyl sites for hydroxylation is 2. The van der Waals surface area contributed by atoms with E-state index in [0.717, 1.165) is 35.1 Å². The molecule has 0 aliphatic rings. The molecule has 0 saturated heterocycles. The molecule has 200 valence electrons. The van der Waals surface area contributed by atoms with E-state index >= 15 is 0 Å². The Morgan fingerprint density at radius 3 is 2.31 bits per heavy atom. The highest BCUT2D eigenvalue weighted by Crippen LogP contribution is 2.21. The van der Waals surface area contributed by atoms with E-state index in [-0.39, 0.29) is 5.91 Å². The minimum Gasteiger partial charge on any atom is -0.309 e. The van der Waals surface area contributed by atoms with Crippen molar-refractivity contribution < 1.29 is 4.79 Å². The molecule has 2 aromatic heterocycles. The number of rotatable bonds is 13. The first-order valence-electron chi connectivity index (χ1n) is 13.6. The smallest absolute Gasteiger partial charge is 0.247 e. The van der Waals surface area contributed by atoms with Gasteiger partial charge in [-0.25, -0.2) is 4.98 Å². The molecular formula is C32H36N6O. The molecule has 0 aliphatic heterocycles. The number of carbonyl (C=O) groups excluding carboxylic acids is 1. The van der Waals surface area contributed by atoms with Crippen LogP contribution in [-0.2, 0) is 24.7 Å². The highest BCUT2D eigenvalue weighted by atomic mass is 16.2. The second-order valence-corrected chi connectivity index (χ2v) is 9.82. The van der Waals surface area contributed by atoms with E-state index in [1.165, 1.54) is 31.2 Å². The molecule has 0 aliphatic carbocycles. The molecule has 2 aromatic carbocycles. The predicted octanol–water partition coefficient (Wildman–Crippen LogP) is 5.99. The van der Waals surface area contributed by atoms with E-state index in [9.17, 15) is 4.79 Å². The molecule has 0 bridgehead atoms. The number of benzene rings is 2. The largest absolute Gasteiger partial charge is 0.309 e. The summed E-state index contributed by atoms with van der Waals surface area (Å²) in [5.41, 5.74) is 5.86. The van der Waals surface area contributed by atoms with Crippen LogP contribution in [0.15, 0.2) is 79.3 Å². The van der Waals surface area contributed by atoms with Crippen molar-refractivity contribution in [3.63, 3.8) is 0 Å². The second kappa shape index (κ2) is 14.0. The Hall–Kier alpha value is -4.28. The van der Waals surface area contributed by atoms with Crippen molar-refractivity contribution in [1.82, 2.24) is 20.1 Å². The second-order valence-electron chi connectivity index (χ2n) is 9.82. The maximum atomic E-state index is 13.5. The first-order valence-corrected chi connectivity index (χ1v) is 13.6. The third-order valence-electron chi connectivity index (χ3n) is 6.79. The fourth-order valence-corrected chi connectivity index (χ4v) is 4.51. The highest BCUT2D eigenvalue weighted by molar-refractivity contribution is 5.95. The lowest BCUT2D eigenvalue weighted by Gasteiger charge is -2.19. The third kappa shape index (κ3) is 8.10. The van der Waals surface area contributed by atoms with E-state index in [0.29, 0.717) is 17.9 Å². The molecular weight excluding hydrogens is 484 g/mol. The van der Waals surface area contributed by atoms with E-state index < -0.39 is 6.04 Å². The fourth-order valence-electron chi connectivity index (χ4n) is 4.51. The number of unbranched alkanes of at least 4 members (excludes halogenated alkanes) is 3. The quantitative estimate of drug-likeness (QED) is 0.211. The van der Waals surface area contributed by atoms with Gasteiger partial charge >= 0.3 is 0 Å². The Morgan fingerprint density at radius 2 is 1.67 bits per heavy atom. The van der Waals surface area contributed by atoms with Crippen molar-refractivity contribution in [2.24, 2.45) is 7.05 Å². The van der Waals surface area contributed by atoms with E-state index in [1.54, 1.807) is 17.1 Å². The van der Waals surface area contributed by atoms with Crippen LogP contribution in [0.5, 0.6) is 0 Å². The van der Waals surface area contributed by atoms with Gasteiger partial charge in [0.1, 0.15) is 11.9 Å². The van der Waals surface area contributed by atoms with E-state index in [1.807, 2.05) is 61.8 Å². The first-order chi connectivity index (χ1) is 19.1. The molecule has 0 spiro atoms. The van der Waals surface area contributed by atoms with Crippen LogP contribution < -0.4 is 10.6 Å². The minimum atomic E-state index is -0.530. The Labute approximate surface area is 230 Å². The monoisotopic (exact) mass is 520 g/mol. The lowest BCUT2D eigenvalue weighted by molar-refractivity contribution is -0.118. The Morgan fingerprint density at radius 1 is 0.923 bits per heavy atom. The summed E-state index contributed by atoms with van der Waals surface area (Å²) in [5.74, 6) is 0.339. The summed E-state index contributed by atoms with van der Waals surface area (Å²) in [6.07, 6.45) is 12.2. The first kappa shape index (κ1) is 27.7. The predicted molar refractivity (Wildman–Crippen MR) is 155 cm³/mol. The summed E-state index contributed by atoms with van der Waals surface area (Å²) in [5, 5.41) is 19.7. The zero-order valence-electron chi connectivity index (χ0n) is 22.7. The summed E-state index contributed by atoms with van der Waals surface area (Å²) >= 11 is 0. The van der Waals surface area contributed by atoms with Gasteiger partial charge in [0.15, 0.2) is 0 Å². The molecule has 1 atom stereocenters. The van der Waals surface area contributed by atoms with E-state index in [4.69, 9.17) is 5.26 Å². The number of nitrogens with one attached hydrogen (secondary N) is 2. The number of nitriles is 1. The Kier molecular flexibility index (Phi) is 9.98. The van der Waals surface area contributed by atoms with Gasteiger partial charge in [0.2, 0.25) is 5.91 Å². The molecule has 4 aromatic rings. The van der Waals surface area contributed by atoms with E-state index in [2.05, 4.69) is 45.8 Å². The number of amides is 1. The highest BCUT2D eigenvalue weighted by Gasteiger charge is 2.21. The Balaban J connectivity index is 1.44. The van der Waals surface area contributed by atoms with Crippen LogP contribution in [-0.4, -0.2) is 27.2 Å². The molecule has 7 nitrogen and oxygen atoms in total. The van der Waals surface area contributed by atoms with Crippen LogP contribution >= 0.6 is 0 Å². The van der Waals surface area contributed by atoms with Gasteiger partial charge in [0.25, 0.3) is 0 Å². The van der Waals surface area contributed by atoms with Crippen LogP contribution in [0.1, 0.15) is 60.9 Å². The SMILES string of the molecule is CCCCCCc1ccc(C(NCCc2ccc(C#N)cc2)C(=O)Nc2ccc(-c3cnn(C)c3)cn2)cc1. The minimum absolute atomic E-state index is 0.160. The number of hydrogen-bond donors (Lipinski definition) is 2. The Bertz CT molecular complexity index is 1370.